The van der Waals surface area contributed by atoms with Gasteiger partial charge in [0.25, 0.3) is 0 Å². The lowest BCUT2D eigenvalue weighted by Gasteiger charge is -2.18. The van der Waals surface area contributed by atoms with Crippen LogP contribution in [0.4, 0.5) is 24.5 Å². The third-order valence-electron chi connectivity index (χ3n) is 4.46. The first-order chi connectivity index (χ1) is 12.8. The van der Waals surface area contributed by atoms with Gasteiger partial charge in [-0.15, -0.1) is 13.2 Å². The van der Waals surface area contributed by atoms with Gasteiger partial charge in [-0.1, -0.05) is 19.1 Å². The number of nitrogens with zero attached hydrogens (tertiary/aromatic N) is 1. The Hall–Kier alpha value is -2.70. The van der Waals surface area contributed by atoms with Crippen molar-refractivity contribution in [2.75, 3.05) is 23.3 Å². The first-order valence-corrected chi connectivity index (χ1v) is 8.78. The topological polar surface area (TPSA) is 41.6 Å². The van der Waals surface area contributed by atoms with E-state index in [1.165, 1.54) is 30.7 Å². The Labute approximate surface area is 155 Å². The Morgan fingerprint density at radius 3 is 2.37 bits per heavy atom. The Morgan fingerprint density at radius 1 is 1.15 bits per heavy atom. The van der Waals surface area contributed by atoms with Crippen molar-refractivity contribution in [1.82, 2.24) is 0 Å². The zero-order valence-corrected chi connectivity index (χ0v) is 14.9. The van der Waals surface area contributed by atoms with Crippen molar-refractivity contribution in [3.05, 3.63) is 54.1 Å². The molecule has 4 nitrogen and oxygen atoms in total. The summed E-state index contributed by atoms with van der Waals surface area (Å²) in [6, 6.07) is 13.0. The minimum Gasteiger partial charge on any atom is -0.406 e. The second-order valence-corrected chi connectivity index (χ2v) is 6.80. The Balaban J connectivity index is 1.53. The van der Waals surface area contributed by atoms with Crippen LogP contribution in [0.2, 0.25) is 0 Å². The number of amides is 1. The zero-order chi connectivity index (χ0) is 19.4. The van der Waals surface area contributed by atoms with E-state index >= 15 is 0 Å². The van der Waals surface area contributed by atoms with Gasteiger partial charge in [-0.3, -0.25) is 4.79 Å². The molecule has 2 aromatic carbocycles. The molecule has 1 unspecified atom stereocenters. The molecule has 0 radical (unpaired) electrons. The molecule has 0 bridgehead atoms. The van der Waals surface area contributed by atoms with Crippen LogP contribution >= 0.6 is 0 Å². The second kappa shape index (κ2) is 7.90. The highest BCUT2D eigenvalue weighted by Crippen LogP contribution is 2.25. The van der Waals surface area contributed by atoms with E-state index < -0.39 is 6.36 Å². The van der Waals surface area contributed by atoms with Crippen molar-refractivity contribution in [3.8, 4) is 5.75 Å². The molecular weight excluding hydrogens is 357 g/mol. The highest BCUT2D eigenvalue weighted by Gasteiger charge is 2.30. The van der Waals surface area contributed by atoms with Crippen molar-refractivity contribution in [3.63, 3.8) is 0 Å². The van der Waals surface area contributed by atoms with Crippen LogP contribution in [0.15, 0.2) is 48.5 Å². The van der Waals surface area contributed by atoms with E-state index in [4.69, 9.17) is 0 Å². The number of anilines is 2. The Bertz CT molecular complexity index is 773. The quantitative estimate of drug-likeness (QED) is 0.826. The lowest BCUT2D eigenvalue weighted by atomic mass is 10.1. The van der Waals surface area contributed by atoms with E-state index in [2.05, 4.69) is 21.9 Å². The van der Waals surface area contributed by atoms with Crippen molar-refractivity contribution in [2.45, 2.75) is 26.1 Å². The third kappa shape index (κ3) is 5.64. The molecule has 0 saturated carbocycles. The third-order valence-corrected chi connectivity index (χ3v) is 4.46. The van der Waals surface area contributed by atoms with Crippen molar-refractivity contribution >= 4 is 17.3 Å². The lowest BCUT2D eigenvalue weighted by Crippen LogP contribution is -2.19. The Morgan fingerprint density at radius 2 is 1.81 bits per heavy atom. The minimum atomic E-state index is -4.72. The smallest absolute Gasteiger partial charge is 0.406 e. The maximum absolute atomic E-state index is 12.2. The molecule has 1 aliphatic rings. The maximum Gasteiger partial charge on any atom is 0.573 e. The fraction of sp³-hybridized carbons (Fsp3) is 0.350. The van der Waals surface area contributed by atoms with E-state index in [0.29, 0.717) is 17.2 Å². The van der Waals surface area contributed by atoms with Crippen LogP contribution in [-0.2, 0) is 11.2 Å². The van der Waals surface area contributed by atoms with Gasteiger partial charge in [-0.2, -0.15) is 0 Å². The zero-order valence-electron chi connectivity index (χ0n) is 14.9. The number of benzene rings is 2. The maximum atomic E-state index is 12.2. The highest BCUT2D eigenvalue weighted by atomic mass is 19.4. The SMILES string of the molecule is CC1CCN(c2ccc(NC(=O)Cc3ccc(OC(F)(F)F)cc3)cc2)C1. The van der Waals surface area contributed by atoms with Crippen molar-refractivity contribution in [2.24, 2.45) is 5.92 Å². The average Bonchev–Trinajstić information content (AvgIpc) is 3.02. The minimum absolute atomic E-state index is 0.0672. The molecule has 0 spiro atoms. The van der Waals surface area contributed by atoms with Gasteiger partial charge in [0.1, 0.15) is 5.75 Å². The van der Waals surface area contributed by atoms with Gasteiger partial charge in [-0.05, 0) is 54.3 Å². The summed E-state index contributed by atoms with van der Waals surface area (Å²) in [5.74, 6) is 0.151. The molecule has 1 heterocycles. The summed E-state index contributed by atoms with van der Waals surface area (Å²) in [4.78, 5) is 14.5. The van der Waals surface area contributed by atoms with Crippen LogP contribution in [0, 0.1) is 5.92 Å². The van der Waals surface area contributed by atoms with Crippen molar-refractivity contribution < 1.29 is 22.7 Å². The van der Waals surface area contributed by atoms with Gasteiger partial charge < -0.3 is 15.0 Å². The number of alkyl halides is 3. The number of carbonyl (C=O) groups excluding carboxylic acids is 1. The Kier molecular flexibility index (Phi) is 5.58. The summed E-state index contributed by atoms with van der Waals surface area (Å²) in [6.07, 6.45) is -3.47. The summed E-state index contributed by atoms with van der Waals surface area (Å²) in [5.41, 5.74) is 2.43. The summed E-state index contributed by atoms with van der Waals surface area (Å²) >= 11 is 0. The molecule has 1 atom stereocenters. The predicted octanol–water partition coefficient (Wildman–Crippen LogP) is 4.61. The molecule has 0 aliphatic carbocycles. The number of hydrogen-bond acceptors (Lipinski definition) is 3. The van der Waals surface area contributed by atoms with E-state index in [1.807, 2.05) is 24.3 Å². The average molecular weight is 378 g/mol. The standard InChI is InChI=1S/C20H21F3N2O2/c1-14-10-11-25(13-14)17-6-4-16(5-7-17)24-19(26)12-15-2-8-18(9-3-15)27-20(21,22)23/h2-9,14H,10-13H2,1H3,(H,24,26). The number of hydrogen-bond donors (Lipinski definition) is 1. The summed E-state index contributed by atoms with van der Waals surface area (Å²) < 4.78 is 40.3. The fourth-order valence-corrected chi connectivity index (χ4v) is 3.12. The van der Waals surface area contributed by atoms with Gasteiger partial charge in [0.05, 0.1) is 6.42 Å². The molecule has 2 aromatic rings. The summed E-state index contributed by atoms with van der Waals surface area (Å²) in [6.45, 7) is 4.32. The van der Waals surface area contributed by atoms with Crippen LogP contribution in [0.5, 0.6) is 5.75 Å². The fourth-order valence-electron chi connectivity index (χ4n) is 3.12. The highest BCUT2D eigenvalue weighted by molar-refractivity contribution is 5.92. The van der Waals surface area contributed by atoms with Gasteiger partial charge in [0.15, 0.2) is 0 Å². The number of carbonyl (C=O) groups is 1. The number of nitrogens with one attached hydrogen (secondary N) is 1. The lowest BCUT2D eigenvalue weighted by molar-refractivity contribution is -0.274. The summed E-state index contributed by atoms with van der Waals surface area (Å²) in [7, 11) is 0. The van der Waals surface area contributed by atoms with Gasteiger partial charge in [0, 0.05) is 24.5 Å². The van der Waals surface area contributed by atoms with Crippen LogP contribution in [0.3, 0.4) is 0 Å². The normalized spacial score (nSPS) is 17.0. The molecule has 1 amide bonds. The molecule has 1 N–H and O–H groups in total. The molecule has 1 fully saturated rings. The van der Waals surface area contributed by atoms with E-state index in [1.54, 1.807) is 0 Å². The first-order valence-electron chi connectivity index (χ1n) is 8.78. The molecule has 144 valence electrons. The number of halogens is 3. The van der Waals surface area contributed by atoms with Gasteiger partial charge in [-0.25, -0.2) is 0 Å². The van der Waals surface area contributed by atoms with Gasteiger partial charge >= 0.3 is 6.36 Å². The van der Waals surface area contributed by atoms with Crippen LogP contribution in [-0.4, -0.2) is 25.4 Å². The van der Waals surface area contributed by atoms with Crippen LogP contribution in [0.25, 0.3) is 0 Å². The first kappa shape index (κ1) is 19.1. The molecule has 1 aliphatic heterocycles. The molecule has 0 aromatic heterocycles. The monoisotopic (exact) mass is 378 g/mol. The number of rotatable bonds is 5. The molecule has 1 saturated heterocycles. The van der Waals surface area contributed by atoms with E-state index in [0.717, 1.165) is 18.8 Å². The molecule has 27 heavy (non-hydrogen) atoms. The van der Waals surface area contributed by atoms with Crippen LogP contribution in [0.1, 0.15) is 18.9 Å². The van der Waals surface area contributed by atoms with E-state index in [9.17, 15) is 18.0 Å². The second-order valence-electron chi connectivity index (χ2n) is 6.80. The van der Waals surface area contributed by atoms with Gasteiger partial charge in [0.2, 0.25) is 5.91 Å². The number of ether oxygens (including phenoxy) is 1. The largest absolute Gasteiger partial charge is 0.573 e. The van der Waals surface area contributed by atoms with Crippen LogP contribution < -0.4 is 15.0 Å². The summed E-state index contributed by atoms with van der Waals surface area (Å²) in [5, 5.41) is 2.80. The molecular formula is C20H21F3N2O2. The van der Waals surface area contributed by atoms with Crippen molar-refractivity contribution in [1.29, 1.82) is 0 Å². The molecule has 3 rings (SSSR count). The van der Waals surface area contributed by atoms with E-state index in [-0.39, 0.29) is 18.1 Å². The predicted molar refractivity (Wildman–Crippen MR) is 97.9 cm³/mol. The molecule has 7 heteroatoms.